The summed E-state index contributed by atoms with van der Waals surface area (Å²) < 4.78 is 0. The van der Waals surface area contributed by atoms with Crippen LogP contribution in [0, 0.1) is 16.0 Å². The second-order valence-electron chi connectivity index (χ2n) is 5.09. The number of hydrogen-bond donors (Lipinski definition) is 1. The second kappa shape index (κ2) is 5.46. The van der Waals surface area contributed by atoms with Gasteiger partial charge >= 0.3 is 0 Å². The van der Waals surface area contributed by atoms with Crippen LogP contribution in [-0.4, -0.2) is 29.0 Å². The molecule has 1 heterocycles. The molecule has 2 rings (SSSR count). The van der Waals surface area contributed by atoms with E-state index in [0.717, 1.165) is 31.6 Å². The van der Waals surface area contributed by atoms with Crippen LogP contribution in [0.25, 0.3) is 0 Å². The van der Waals surface area contributed by atoms with E-state index in [2.05, 4.69) is 11.8 Å². The van der Waals surface area contributed by atoms with Gasteiger partial charge in [0.15, 0.2) is 0 Å². The Balaban J connectivity index is 1.95. The van der Waals surface area contributed by atoms with Crippen LogP contribution in [0.2, 0.25) is 0 Å². The van der Waals surface area contributed by atoms with Crippen molar-refractivity contribution in [3.8, 4) is 0 Å². The minimum atomic E-state index is -0.369. The van der Waals surface area contributed by atoms with Gasteiger partial charge in [-0.2, -0.15) is 0 Å². The highest BCUT2D eigenvalue weighted by molar-refractivity contribution is 5.32. The maximum atomic E-state index is 10.6. The first-order valence-corrected chi connectivity index (χ1v) is 6.27. The van der Waals surface area contributed by atoms with Gasteiger partial charge in [-0.1, -0.05) is 19.1 Å². The van der Waals surface area contributed by atoms with Crippen molar-refractivity contribution in [3.05, 3.63) is 39.9 Å². The van der Waals surface area contributed by atoms with E-state index in [9.17, 15) is 10.1 Å². The summed E-state index contributed by atoms with van der Waals surface area (Å²) in [5.74, 6) is 0.511. The molecule has 1 aliphatic heterocycles. The molecule has 5 nitrogen and oxygen atoms in total. The number of non-ortho nitro benzene ring substituents is 1. The third-order valence-corrected chi connectivity index (χ3v) is 3.61. The van der Waals surface area contributed by atoms with Gasteiger partial charge in [0.25, 0.3) is 5.69 Å². The number of nitrogens with two attached hydrogens (primary N) is 1. The summed E-state index contributed by atoms with van der Waals surface area (Å²) >= 11 is 0. The van der Waals surface area contributed by atoms with Crippen molar-refractivity contribution in [2.24, 2.45) is 11.7 Å². The maximum absolute atomic E-state index is 10.6. The van der Waals surface area contributed by atoms with Gasteiger partial charge in [0.1, 0.15) is 0 Å². The van der Waals surface area contributed by atoms with Crippen LogP contribution < -0.4 is 5.73 Å². The molecule has 0 spiro atoms. The molecule has 1 saturated heterocycles. The van der Waals surface area contributed by atoms with Crippen molar-refractivity contribution in [3.63, 3.8) is 0 Å². The summed E-state index contributed by atoms with van der Waals surface area (Å²) in [5, 5.41) is 10.6. The van der Waals surface area contributed by atoms with Crippen LogP contribution >= 0.6 is 0 Å². The average molecular weight is 249 g/mol. The number of nitro groups is 1. The van der Waals surface area contributed by atoms with Gasteiger partial charge in [-0.25, -0.2) is 0 Å². The molecule has 1 aromatic carbocycles. The Labute approximate surface area is 107 Å². The van der Waals surface area contributed by atoms with E-state index < -0.39 is 0 Å². The Morgan fingerprint density at radius 3 is 2.67 bits per heavy atom. The largest absolute Gasteiger partial charge is 0.327 e. The summed E-state index contributed by atoms with van der Waals surface area (Å²) in [5.41, 5.74) is 7.25. The van der Waals surface area contributed by atoms with E-state index in [-0.39, 0.29) is 10.6 Å². The molecule has 0 aromatic heterocycles. The van der Waals surface area contributed by atoms with Crippen LogP contribution in [0.4, 0.5) is 5.69 Å². The van der Waals surface area contributed by atoms with Crippen molar-refractivity contribution >= 4 is 5.69 Å². The molecular weight excluding hydrogens is 230 g/mol. The van der Waals surface area contributed by atoms with Crippen LogP contribution in [0.3, 0.4) is 0 Å². The topological polar surface area (TPSA) is 72.4 Å². The molecule has 5 heteroatoms. The Morgan fingerprint density at radius 2 is 2.11 bits per heavy atom. The lowest BCUT2D eigenvalue weighted by molar-refractivity contribution is -0.384. The molecule has 0 amide bonds. The predicted octanol–water partition coefficient (Wildman–Crippen LogP) is 1.76. The second-order valence-corrected chi connectivity index (χ2v) is 5.09. The quantitative estimate of drug-likeness (QED) is 0.654. The SMILES string of the molecule is CC1CN(Cc2ccc([N+](=O)[O-])cc2)CCC1N. The van der Waals surface area contributed by atoms with Crippen molar-refractivity contribution in [2.75, 3.05) is 13.1 Å². The summed E-state index contributed by atoms with van der Waals surface area (Å²) in [6.45, 7) is 5.02. The lowest BCUT2D eigenvalue weighted by atomic mass is 9.94. The van der Waals surface area contributed by atoms with E-state index >= 15 is 0 Å². The van der Waals surface area contributed by atoms with E-state index in [0.29, 0.717) is 12.0 Å². The number of piperidine rings is 1. The number of likely N-dealkylation sites (tertiary alicyclic amines) is 1. The monoisotopic (exact) mass is 249 g/mol. The Morgan fingerprint density at radius 1 is 1.44 bits per heavy atom. The van der Waals surface area contributed by atoms with E-state index in [1.807, 2.05) is 12.1 Å². The molecule has 18 heavy (non-hydrogen) atoms. The molecule has 2 N–H and O–H groups in total. The van der Waals surface area contributed by atoms with Crippen molar-refractivity contribution < 1.29 is 4.92 Å². The van der Waals surface area contributed by atoms with Crippen molar-refractivity contribution in [1.82, 2.24) is 4.90 Å². The van der Waals surface area contributed by atoms with E-state index in [1.54, 1.807) is 12.1 Å². The Bertz CT molecular complexity index is 419. The molecule has 1 aromatic rings. The van der Waals surface area contributed by atoms with Crippen LogP contribution in [0.15, 0.2) is 24.3 Å². The summed E-state index contributed by atoms with van der Waals surface area (Å²) in [6, 6.07) is 7.09. The van der Waals surface area contributed by atoms with Gasteiger partial charge in [-0.3, -0.25) is 15.0 Å². The fourth-order valence-corrected chi connectivity index (χ4v) is 2.37. The number of benzene rings is 1. The number of hydrogen-bond acceptors (Lipinski definition) is 4. The maximum Gasteiger partial charge on any atom is 0.269 e. The Hall–Kier alpha value is -1.46. The molecule has 1 aliphatic rings. The lowest BCUT2D eigenvalue weighted by Crippen LogP contribution is -2.45. The fourth-order valence-electron chi connectivity index (χ4n) is 2.37. The zero-order valence-electron chi connectivity index (χ0n) is 10.6. The summed E-state index contributed by atoms with van der Waals surface area (Å²) in [7, 11) is 0. The van der Waals surface area contributed by atoms with E-state index in [1.165, 1.54) is 0 Å². The predicted molar refractivity (Wildman–Crippen MR) is 70.1 cm³/mol. The lowest BCUT2D eigenvalue weighted by Gasteiger charge is -2.35. The normalized spacial score (nSPS) is 25.0. The smallest absolute Gasteiger partial charge is 0.269 e. The molecule has 0 aliphatic carbocycles. The molecule has 1 fully saturated rings. The molecular formula is C13H19N3O2. The number of nitro benzene ring substituents is 1. The highest BCUT2D eigenvalue weighted by atomic mass is 16.6. The molecule has 0 radical (unpaired) electrons. The molecule has 2 unspecified atom stereocenters. The molecule has 0 saturated carbocycles. The highest BCUT2D eigenvalue weighted by Crippen LogP contribution is 2.18. The number of nitrogens with zero attached hydrogens (tertiary/aromatic N) is 2. The van der Waals surface area contributed by atoms with Gasteiger partial charge in [-0.15, -0.1) is 0 Å². The van der Waals surface area contributed by atoms with Gasteiger partial charge < -0.3 is 5.73 Å². The highest BCUT2D eigenvalue weighted by Gasteiger charge is 2.22. The van der Waals surface area contributed by atoms with Crippen molar-refractivity contribution in [1.29, 1.82) is 0 Å². The van der Waals surface area contributed by atoms with Gasteiger partial charge in [0, 0.05) is 31.3 Å². The van der Waals surface area contributed by atoms with Crippen molar-refractivity contribution in [2.45, 2.75) is 25.9 Å². The molecule has 0 bridgehead atoms. The van der Waals surface area contributed by atoms with Gasteiger partial charge in [0.2, 0.25) is 0 Å². The first kappa shape index (κ1) is 13.0. The standard InChI is InChI=1S/C13H19N3O2/c1-10-8-15(7-6-13(10)14)9-11-2-4-12(5-3-11)16(17)18/h2-5,10,13H,6-9,14H2,1H3. The average Bonchev–Trinajstić information content (AvgIpc) is 2.34. The van der Waals surface area contributed by atoms with Crippen LogP contribution in [0.5, 0.6) is 0 Å². The van der Waals surface area contributed by atoms with Gasteiger partial charge in [0.05, 0.1) is 4.92 Å². The summed E-state index contributed by atoms with van der Waals surface area (Å²) in [6.07, 6.45) is 1.02. The Kier molecular flexibility index (Phi) is 3.93. The minimum absolute atomic E-state index is 0.146. The zero-order valence-corrected chi connectivity index (χ0v) is 10.6. The fraction of sp³-hybridized carbons (Fsp3) is 0.538. The van der Waals surface area contributed by atoms with E-state index in [4.69, 9.17) is 5.73 Å². The molecule has 98 valence electrons. The summed E-state index contributed by atoms with van der Waals surface area (Å²) in [4.78, 5) is 12.5. The first-order chi connectivity index (χ1) is 8.56. The van der Waals surface area contributed by atoms with Crippen LogP contribution in [0.1, 0.15) is 18.9 Å². The minimum Gasteiger partial charge on any atom is -0.327 e. The van der Waals surface area contributed by atoms with Crippen LogP contribution in [-0.2, 0) is 6.54 Å². The zero-order chi connectivity index (χ0) is 13.1. The number of rotatable bonds is 3. The van der Waals surface area contributed by atoms with Gasteiger partial charge in [-0.05, 0) is 24.4 Å². The third-order valence-electron chi connectivity index (χ3n) is 3.61. The molecule has 2 atom stereocenters. The third kappa shape index (κ3) is 3.05. The first-order valence-electron chi connectivity index (χ1n) is 6.27.